The molecule has 2 heterocycles. The average Bonchev–Trinajstić information content (AvgIpc) is 3.22. The molecule has 0 spiro atoms. The van der Waals surface area contributed by atoms with Gasteiger partial charge < -0.3 is 25.4 Å². The molecular formula is C19H28ClN3O4. The van der Waals surface area contributed by atoms with Gasteiger partial charge >= 0.3 is 0 Å². The number of hydrogen-bond donors (Lipinski definition) is 2. The number of carbonyl (C=O) groups is 2. The highest BCUT2D eigenvalue weighted by atomic mass is 35.5. The van der Waals surface area contributed by atoms with E-state index in [0.717, 1.165) is 25.9 Å². The second-order valence-corrected chi connectivity index (χ2v) is 6.96. The van der Waals surface area contributed by atoms with E-state index in [1.54, 1.807) is 24.3 Å². The summed E-state index contributed by atoms with van der Waals surface area (Å²) in [6, 6.07) is 7.11. The summed E-state index contributed by atoms with van der Waals surface area (Å²) in [5.41, 5.74) is 5.94. The van der Waals surface area contributed by atoms with Crippen LogP contribution < -0.4 is 15.8 Å². The zero-order valence-corrected chi connectivity index (χ0v) is 16.3. The van der Waals surface area contributed by atoms with Gasteiger partial charge in [-0.1, -0.05) is 6.07 Å². The minimum Gasteiger partial charge on any atom is -0.484 e. The van der Waals surface area contributed by atoms with Crippen LogP contribution in [0.2, 0.25) is 0 Å². The lowest BCUT2D eigenvalue weighted by Gasteiger charge is -2.34. The molecule has 2 aliphatic rings. The van der Waals surface area contributed by atoms with Gasteiger partial charge in [-0.2, -0.15) is 0 Å². The molecule has 8 heteroatoms. The van der Waals surface area contributed by atoms with E-state index in [0.29, 0.717) is 44.0 Å². The van der Waals surface area contributed by atoms with Crippen molar-refractivity contribution < 1.29 is 19.1 Å². The first-order valence-corrected chi connectivity index (χ1v) is 9.23. The SMILES string of the molecule is Cl.NCC1(C(=O)Nc2cccc(OCC(=O)N3CCCC3)c2)CCOCC1. The van der Waals surface area contributed by atoms with Crippen LogP contribution in [-0.2, 0) is 14.3 Å². The van der Waals surface area contributed by atoms with Crippen molar-refractivity contribution in [3.8, 4) is 5.75 Å². The van der Waals surface area contributed by atoms with E-state index in [1.807, 2.05) is 4.90 Å². The predicted molar refractivity (Wildman–Crippen MR) is 105 cm³/mol. The van der Waals surface area contributed by atoms with Gasteiger partial charge in [-0.15, -0.1) is 12.4 Å². The lowest BCUT2D eigenvalue weighted by molar-refractivity contribution is -0.132. The molecule has 27 heavy (non-hydrogen) atoms. The monoisotopic (exact) mass is 397 g/mol. The third-order valence-corrected chi connectivity index (χ3v) is 5.24. The van der Waals surface area contributed by atoms with Gasteiger partial charge in [-0.05, 0) is 37.8 Å². The maximum atomic E-state index is 12.7. The van der Waals surface area contributed by atoms with Crippen LogP contribution in [0, 0.1) is 5.41 Å². The summed E-state index contributed by atoms with van der Waals surface area (Å²) in [5.74, 6) is 0.471. The largest absolute Gasteiger partial charge is 0.484 e. The third kappa shape index (κ3) is 5.34. The summed E-state index contributed by atoms with van der Waals surface area (Å²) < 4.78 is 11.0. The number of benzene rings is 1. The predicted octanol–water partition coefficient (Wildman–Crippen LogP) is 1.80. The number of rotatable bonds is 6. The van der Waals surface area contributed by atoms with E-state index >= 15 is 0 Å². The topological polar surface area (TPSA) is 93.9 Å². The smallest absolute Gasteiger partial charge is 0.260 e. The normalized spacial score (nSPS) is 18.5. The summed E-state index contributed by atoms with van der Waals surface area (Å²) in [6.45, 7) is 3.02. The molecule has 3 N–H and O–H groups in total. The van der Waals surface area contributed by atoms with Crippen LogP contribution in [0.3, 0.4) is 0 Å². The van der Waals surface area contributed by atoms with Crippen LogP contribution in [-0.4, -0.2) is 56.2 Å². The van der Waals surface area contributed by atoms with Crippen molar-refractivity contribution in [1.82, 2.24) is 4.90 Å². The number of hydrogen-bond acceptors (Lipinski definition) is 5. The third-order valence-electron chi connectivity index (χ3n) is 5.24. The van der Waals surface area contributed by atoms with Gasteiger partial charge in [0.05, 0.1) is 5.41 Å². The Labute approximate surface area is 166 Å². The van der Waals surface area contributed by atoms with E-state index in [2.05, 4.69) is 5.32 Å². The Balaban J connectivity index is 0.00000261. The molecule has 0 bridgehead atoms. The standard InChI is InChI=1S/C19H27N3O4.ClH/c20-14-19(6-10-25-11-7-19)18(24)21-15-4-3-5-16(12-15)26-13-17(23)22-8-1-2-9-22;/h3-5,12H,1-2,6-11,13-14,20H2,(H,21,24);1H. The van der Waals surface area contributed by atoms with Gasteiger partial charge in [0.15, 0.2) is 6.61 Å². The maximum Gasteiger partial charge on any atom is 0.260 e. The number of carbonyl (C=O) groups excluding carboxylic acids is 2. The van der Waals surface area contributed by atoms with E-state index in [1.165, 1.54) is 0 Å². The molecule has 2 amide bonds. The minimum absolute atomic E-state index is 0. The average molecular weight is 398 g/mol. The Bertz CT molecular complexity index is 644. The number of nitrogens with one attached hydrogen (secondary N) is 1. The quantitative estimate of drug-likeness (QED) is 0.763. The molecule has 0 aliphatic carbocycles. The molecular weight excluding hydrogens is 370 g/mol. The van der Waals surface area contributed by atoms with Crippen LogP contribution >= 0.6 is 12.4 Å². The molecule has 2 fully saturated rings. The molecule has 0 unspecified atom stereocenters. The lowest BCUT2D eigenvalue weighted by Crippen LogP contribution is -2.46. The Kier molecular flexibility index (Phi) is 7.89. The fraction of sp³-hybridized carbons (Fsp3) is 0.579. The molecule has 0 radical (unpaired) electrons. The number of nitrogens with two attached hydrogens (primary N) is 1. The van der Waals surface area contributed by atoms with Crippen LogP contribution in [0.1, 0.15) is 25.7 Å². The van der Waals surface area contributed by atoms with Crippen molar-refractivity contribution in [3.05, 3.63) is 24.3 Å². The molecule has 3 rings (SSSR count). The Morgan fingerprint density at radius 3 is 2.59 bits per heavy atom. The maximum absolute atomic E-state index is 12.7. The van der Waals surface area contributed by atoms with E-state index < -0.39 is 5.41 Å². The summed E-state index contributed by atoms with van der Waals surface area (Å²) in [7, 11) is 0. The lowest BCUT2D eigenvalue weighted by atomic mass is 9.79. The van der Waals surface area contributed by atoms with Gasteiger partial charge in [0.1, 0.15) is 5.75 Å². The van der Waals surface area contributed by atoms with Crippen molar-refractivity contribution in [2.45, 2.75) is 25.7 Å². The number of anilines is 1. The van der Waals surface area contributed by atoms with Gasteiger partial charge in [0, 0.05) is 44.6 Å². The van der Waals surface area contributed by atoms with E-state index in [9.17, 15) is 9.59 Å². The number of ether oxygens (including phenoxy) is 2. The first kappa shape index (κ1) is 21.5. The summed E-state index contributed by atoms with van der Waals surface area (Å²) in [5, 5.41) is 2.94. The highest BCUT2D eigenvalue weighted by Crippen LogP contribution is 2.31. The first-order valence-electron chi connectivity index (χ1n) is 9.23. The second-order valence-electron chi connectivity index (χ2n) is 6.96. The molecule has 1 aromatic carbocycles. The van der Waals surface area contributed by atoms with Crippen molar-refractivity contribution in [2.24, 2.45) is 11.1 Å². The van der Waals surface area contributed by atoms with Gasteiger partial charge in [-0.3, -0.25) is 9.59 Å². The number of likely N-dealkylation sites (tertiary alicyclic amines) is 1. The zero-order valence-electron chi connectivity index (χ0n) is 15.4. The van der Waals surface area contributed by atoms with Gasteiger partial charge in [0.25, 0.3) is 5.91 Å². The molecule has 2 saturated heterocycles. The molecule has 2 aliphatic heterocycles. The zero-order chi connectivity index (χ0) is 18.4. The van der Waals surface area contributed by atoms with Crippen molar-refractivity contribution >= 4 is 29.9 Å². The fourth-order valence-electron chi connectivity index (χ4n) is 3.42. The molecule has 7 nitrogen and oxygen atoms in total. The van der Waals surface area contributed by atoms with E-state index in [-0.39, 0.29) is 30.8 Å². The molecule has 0 atom stereocenters. The number of halogens is 1. The Hall–Kier alpha value is -1.83. The van der Waals surface area contributed by atoms with Gasteiger partial charge in [0.2, 0.25) is 5.91 Å². The van der Waals surface area contributed by atoms with Gasteiger partial charge in [-0.25, -0.2) is 0 Å². The molecule has 0 saturated carbocycles. The van der Waals surface area contributed by atoms with Crippen LogP contribution in [0.15, 0.2) is 24.3 Å². The summed E-state index contributed by atoms with van der Waals surface area (Å²) in [6.07, 6.45) is 3.36. The number of amides is 2. The molecule has 150 valence electrons. The molecule has 0 aromatic heterocycles. The van der Waals surface area contributed by atoms with Crippen LogP contribution in [0.5, 0.6) is 5.75 Å². The summed E-state index contributed by atoms with van der Waals surface area (Å²) in [4.78, 5) is 26.6. The number of nitrogens with zero attached hydrogens (tertiary/aromatic N) is 1. The van der Waals surface area contributed by atoms with Crippen LogP contribution in [0.4, 0.5) is 5.69 Å². The van der Waals surface area contributed by atoms with Crippen molar-refractivity contribution in [3.63, 3.8) is 0 Å². The van der Waals surface area contributed by atoms with Crippen molar-refractivity contribution in [1.29, 1.82) is 0 Å². The minimum atomic E-state index is -0.583. The Morgan fingerprint density at radius 2 is 1.93 bits per heavy atom. The fourth-order valence-corrected chi connectivity index (χ4v) is 3.42. The van der Waals surface area contributed by atoms with E-state index in [4.69, 9.17) is 15.2 Å². The second kappa shape index (κ2) is 9.92. The Morgan fingerprint density at radius 1 is 1.22 bits per heavy atom. The van der Waals surface area contributed by atoms with Crippen LogP contribution in [0.25, 0.3) is 0 Å². The van der Waals surface area contributed by atoms with Crippen molar-refractivity contribution in [2.75, 3.05) is 44.8 Å². The summed E-state index contributed by atoms with van der Waals surface area (Å²) >= 11 is 0. The first-order chi connectivity index (χ1) is 12.6. The molecule has 1 aromatic rings. The highest BCUT2D eigenvalue weighted by Gasteiger charge is 2.38. The highest BCUT2D eigenvalue weighted by molar-refractivity contribution is 5.95.